The summed E-state index contributed by atoms with van der Waals surface area (Å²) in [6, 6.07) is 4.38. The van der Waals surface area contributed by atoms with E-state index in [1.165, 1.54) is 12.1 Å². The van der Waals surface area contributed by atoms with Gasteiger partial charge in [-0.3, -0.25) is 20.8 Å². The van der Waals surface area contributed by atoms with Crippen molar-refractivity contribution in [1.29, 1.82) is 0 Å². The summed E-state index contributed by atoms with van der Waals surface area (Å²) in [5.41, 5.74) is 3.09. The van der Waals surface area contributed by atoms with Crippen molar-refractivity contribution >= 4 is 11.4 Å². The molecule has 5 nitrogen and oxygen atoms in total. The van der Waals surface area contributed by atoms with Gasteiger partial charge in [-0.25, -0.2) is 0 Å². The van der Waals surface area contributed by atoms with Crippen LogP contribution in [0.3, 0.4) is 0 Å². The minimum Gasteiger partial charge on any atom is -0.291 e. The van der Waals surface area contributed by atoms with Crippen LogP contribution in [0.15, 0.2) is 18.2 Å². The Hall–Kier alpha value is -1.62. The highest BCUT2D eigenvalue weighted by atomic mass is 16.6. The number of aryl methyl sites for hydroxylation is 1. The average molecular weight is 182 g/mol. The van der Waals surface area contributed by atoms with Gasteiger partial charge in [0.2, 0.25) is 0 Å². The largest absolute Gasteiger partial charge is 0.291 e. The topological polar surface area (TPSA) is 75.4 Å². The average Bonchev–Trinajstić information content (AvgIpc) is 2.16. The van der Waals surface area contributed by atoms with Crippen molar-refractivity contribution in [1.82, 2.24) is 0 Å². The molecule has 1 rings (SSSR count). The fourth-order valence-corrected chi connectivity index (χ4v) is 1.12. The maximum Gasteiger partial charge on any atom is 0.272 e. The lowest BCUT2D eigenvalue weighted by Gasteiger charge is -2.02. The number of nitro benzene ring substituents is 1. The monoisotopic (exact) mass is 182 g/mol. The first-order valence-electron chi connectivity index (χ1n) is 3.86. The molecular weight excluding hydrogens is 172 g/mol. The van der Waals surface area contributed by atoms with Crippen molar-refractivity contribution < 1.29 is 10.1 Å². The second-order valence-electron chi connectivity index (χ2n) is 2.57. The van der Waals surface area contributed by atoms with Gasteiger partial charge in [0.1, 0.15) is 0 Å². The SMILES string of the molecule is CCc1cc(NO)ccc1[N+](=O)[O-]. The van der Waals surface area contributed by atoms with Crippen LogP contribution in [-0.2, 0) is 6.42 Å². The zero-order valence-corrected chi connectivity index (χ0v) is 7.15. The predicted molar refractivity (Wildman–Crippen MR) is 47.9 cm³/mol. The summed E-state index contributed by atoms with van der Waals surface area (Å²) >= 11 is 0. The molecule has 0 aliphatic rings. The van der Waals surface area contributed by atoms with Crippen LogP contribution in [0, 0.1) is 10.1 Å². The maximum absolute atomic E-state index is 10.5. The second kappa shape index (κ2) is 3.86. The summed E-state index contributed by atoms with van der Waals surface area (Å²) < 4.78 is 0. The molecule has 0 spiro atoms. The van der Waals surface area contributed by atoms with E-state index in [4.69, 9.17) is 5.21 Å². The van der Waals surface area contributed by atoms with Crippen molar-refractivity contribution in [2.75, 3.05) is 5.48 Å². The van der Waals surface area contributed by atoms with Crippen LogP contribution >= 0.6 is 0 Å². The highest BCUT2D eigenvalue weighted by Gasteiger charge is 2.11. The summed E-state index contributed by atoms with van der Waals surface area (Å²) in [6.07, 6.45) is 0.561. The van der Waals surface area contributed by atoms with Crippen molar-refractivity contribution in [3.63, 3.8) is 0 Å². The highest BCUT2D eigenvalue weighted by molar-refractivity contribution is 5.52. The first kappa shape index (κ1) is 9.47. The zero-order valence-electron chi connectivity index (χ0n) is 7.15. The van der Waals surface area contributed by atoms with Crippen LogP contribution in [0.5, 0.6) is 0 Å². The summed E-state index contributed by atoms with van der Waals surface area (Å²) in [6.45, 7) is 1.82. The number of anilines is 1. The molecule has 0 bridgehead atoms. The van der Waals surface area contributed by atoms with Gasteiger partial charge in [-0.2, -0.15) is 0 Å². The number of nitro groups is 1. The Kier molecular flexibility index (Phi) is 2.81. The van der Waals surface area contributed by atoms with Crippen molar-refractivity contribution in [2.45, 2.75) is 13.3 Å². The van der Waals surface area contributed by atoms with E-state index in [0.717, 1.165) is 0 Å². The molecule has 0 atom stereocenters. The van der Waals surface area contributed by atoms with Gasteiger partial charge >= 0.3 is 0 Å². The Labute approximate surface area is 75.1 Å². The van der Waals surface area contributed by atoms with E-state index >= 15 is 0 Å². The first-order chi connectivity index (χ1) is 6.19. The van der Waals surface area contributed by atoms with Gasteiger partial charge in [0.25, 0.3) is 5.69 Å². The molecule has 13 heavy (non-hydrogen) atoms. The molecule has 0 aromatic heterocycles. The molecule has 0 fully saturated rings. The van der Waals surface area contributed by atoms with E-state index in [1.54, 1.807) is 6.07 Å². The molecule has 0 unspecified atom stereocenters. The smallest absolute Gasteiger partial charge is 0.272 e. The number of hydrogen-bond acceptors (Lipinski definition) is 4. The number of hydrogen-bond donors (Lipinski definition) is 2. The molecule has 0 aliphatic heterocycles. The lowest BCUT2D eigenvalue weighted by atomic mass is 10.1. The molecule has 0 saturated carbocycles. The number of nitrogens with zero attached hydrogens (tertiary/aromatic N) is 1. The molecule has 0 aliphatic carbocycles. The quantitative estimate of drug-likeness (QED) is 0.553. The summed E-state index contributed by atoms with van der Waals surface area (Å²) in [7, 11) is 0. The lowest BCUT2D eigenvalue weighted by Crippen LogP contribution is -1.96. The lowest BCUT2D eigenvalue weighted by molar-refractivity contribution is -0.385. The number of benzene rings is 1. The van der Waals surface area contributed by atoms with Crippen LogP contribution in [0.25, 0.3) is 0 Å². The molecule has 5 heteroatoms. The van der Waals surface area contributed by atoms with Crippen LogP contribution in [0.1, 0.15) is 12.5 Å². The van der Waals surface area contributed by atoms with E-state index in [0.29, 0.717) is 17.7 Å². The highest BCUT2D eigenvalue weighted by Crippen LogP contribution is 2.22. The Morgan fingerprint density at radius 3 is 2.77 bits per heavy atom. The molecule has 0 saturated heterocycles. The van der Waals surface area contributed by atoms with Gasteiger partial charge in [-0.1, -0.05) is 6.92 Å². The molecule has 0 heterocycles. The van der Waals surface area contributed by atoms with E-state index in [2.05, 4.69) is 0 Å². The minimum atomic E-state index is -0.431. The Morgan fingerprint density at radius 2 is 2.31 bits per heavy atom. The molecule has 0 amide bonds. The van der Waals surface area contributed by atoms with E-state index in [1.807, 2.05) is 12.4 Å². The molecule has 1 aromatic carbocycles. The third kappa shape index (κ3) is 1.94. The third-order valence-corrected chi connectivity index (χ3v) is 1.79. The number of rotatable bonds is 3. The van der Waals surface area contributed by atoms with Gasteiger partial charge in [0.15, 0.2) is 0 Å². The van der Waals surface area contributed by atoms with Gasteiger partial charge in [0.05, 0.1) is 10.6 Å². The minimum absolute atomic E-state index is 0.0847. The third-order valence-electron chi connectivity index (χ3n) is 1.79. The van der Waals surface area contributed by atoms with Crippen molar-refractivity contribution in [3.05, 3.63) is 33.9 Å². The Morgan fingerprint density at radius 1 is 1.62 bits per heavy atom. The van der Waals surface area contributed by atoms with Crippen LogP contribution in [0.4, 0.5) is 11.4 Å². The maximum atomic E-state index is 10.5. The Balaban J connectivity index is 3.15. The van der Waals surface area contributed by atoms with Crippen molar-refractivity contribution in [3.8, 4) is 0 Å². The van der Waals surface area contributed by atoms with Gasteiger partial charge in [-0.05, 0) is 18.6 Å². The van der Waals surface area contributed by atoms with E-state index < -0.39 is 4.92 Å². The predicted octanol–water partition coefficient (Wildman–Crippen LogP) is 1.96. The standard InChI is InChI=1S/C8H10N2O3/c1-2-6-5-7(9-11)3-4-8(6)10(12)13/h3-5,9,11H,2H2,1H3. The van der Waals surface area contributed by atoms with Gasteiger partial charge in [-0.15, -0.1) is 0 Å². The number of nitrogens with one attached hydrogen (secondary N) is 1. The van der Waals surface area contributed by atoms with Crippen molar-refractivity contribution in [2.24, 2.45) is 0 Å². The molecule has 2 N–H and O–H groups in total. The second-order valence-corrected chi connectivity index (χ2v) is 2.57. The fraction of sp³-hybridized carbons (Fsp3) is 0.250. The summed E-state index contributed by atoms with van der Waals surface area (Å²) in [5.74, 6) is 0. The van der Waals surface area contributed by atoms with Gasteiger partial charge in [0, 0.05) is 11.6 Å². The van der Waals surface area contributed by atoms with E-state index in [9.17, 15) is 10.1 Å². The molecule has 0 radical (unpaired) electrons. The normalized spacial score (nSPS) is 9.69. The van der Waals surface area contributed by atoms with Crippen LogP contribution in [0.2, 0.25) is 0 Å². The van der Waals surface area contributed by atoms with Crippen LogP contribution < -0.4 is 5.48 Å². The fourth-order valence-electron chi connectivity index (χ4n) is 1.12. The molecule has 1 aromatic rings. The first-order valence-corrected chi connectivity index (χ1v) is 3.86. The summed E-state index contributed by atoms with van der Waals surface area (Å²) in [4.78, 5) is 10.1. The van der Waals surface area contributed by atoms with E-state index in [-0.39, 0.29) is 5.69 Å². The molecular formula is C8H10N2O3. The zero-order chi connectivity index (χ0) is 9.84. The Bertz CT molecular complexity index is 325. The summed E-state index contributed by atoms with van der Waals surface area (Å²) in [5, 5.41) is 19.1. The van der Waals surface area contributed by atoms with Crippen LogP contribution in [-0.4, -0.2) is 10.1 Å². The van der Waals surface area contributed by atoms with Gasteiger partial charge < -0.3 is 0 Å². The molecule has 70 valence electrons.